The van der Waals surface area contributed by atoms with Crippen molar-refractivity contribution >= 4 is 17.8 Å². The quantitative estimate of drug-likeness (QED) is 0.633. The number of amides is 2. The van der Waals surface area contributed by atoms with Crippen molar-refractivity contribution in [2.45, 2.75) is 65.1 Å². The second kappa shape index (κ2) is 8.29. The smallest absolute Gasteiger partial charge is 0.326 e. The Labute approximate surface area is 137 Å². The first-order valence-corrected chi connectivity index (χ1v) is 8.29. The first kappa shape index (κ1) is 19.4. The van der Waals surface area contributed by atoms with Gasteiger partial charge < -0.3 is 21.1 Å². The molecule has 0 aromatic heterocycles. The molecule has 1 rings (SSSR count). The van der Waals surface area contributed by atoms with Gasteiger partial charge in [0.1, 0.15) is 12.1 Å². The number of aliphatic carboxylic acids is 1. The zero-order valence-corrected chi connectivity index (χ0v) is 14.4. The van der Waals surface area contributed by atoms with Crippen LogP contribution in [0.3, 0.4) is 0 Å². The lowest BCUT2D eigenvalue weighted by molar-refractivity contribution is -0.150. The minimum Gasteiger partial charge on any atom is -0.480 e. The van der Waals surface area contributed by atoms with Gasteiger partial charge in [0, 0.05) is 6.54 Å². The van der Waals surface area contributed by atoms with E-state index in [4.69, 9.17) is 5.73 Å². The van der Waals surface area contributed by atoms with Crippen LogP contribution in [0, 0.1) is 11.8 Å². The van der Waals surface area contributed by atoms with Crippen molar-refractivity contribution in [2.75, 3.05) is 6.54 Å². The molecule has 2 amide bonds. The maximum absolute atomic E-state index is 12.8. The molecule has 0 radical (unpaired) electrons. The maximum Gasteiger partial charge on any atom is 0.326 e. The summed E-state index contributed by atoms with van der Waals surface area (Å²) in [4.78, 5) is 37.7. The minimum atomic E-state index is -0.996. The van der Waals surface area contributed by atoms with Crippen molar-refractivity contribution in [3.05, 3.63) is 0 Å². The Morgan fingerprint density at radius 3 is 2.39 bits per heavy atom. The highest BCUT2D eigenvalue weighted by atomic mass is 16.4. The lowest BCUT2D eigenvalue weighted by atomic mass is 9.96. The summed E-state index contributed by atoms with van der Waals surface area (Å²) in [5.74, 6) is -1.83. The van der Waals surface area contributed by atoms with E-state index in [0.29, 0.717) is 25.8 Å². The highest BCUT2D eigenvalue weighted by Crippen LogP contribution is 2.21. The number of nitrogens with two attached hydrogens (primary N) is 1. The van der Waals surface area contributed by atoms with Crippen LogP contribution in [-0.2, 0) is 14.4 Å². The van der Waals surface area contributed by atoms with E-state index in [9.17, 15) is 19.5 Å². The molecule has 1 aliphatic heterocycles. The summed E-state index contributed by atoms with van der Waals surface area (Å²) >= 11 is 0. The van der Waals surface area contributed by atoms with Crippen molar-refractivity contribution in [1.29, 1.82) is 0 Å². The van der Waals surface area contributed by atoms with Crippen LogP contribution in [0.5, 0.6) is 0 Å². The summed E-state index contributed by atoms with van der Waals surface area (Å²) in [6.45, 7) is 7.89. The summed E-state index contributed by atoms with van der Waals surface area (Å²) < 4.78 is 0. The summed E-state index contributed by atoms with van der Waals surface area (Å²) in [7, 11) is 0. The molecule has 132 valence electrons. The SMILES string of the molecule is CC[C@H](C)[C@H](NC(=O)[C@@H](N)C(C)C)C(=O)N1CCC[C@@H]1C(=O)O. The molecule has 0 spiro atoms. The Hall–Kier alpha value is -1.63. The van der Waals surface area contributed by atoms with Crippen LogP contribution in [-0.4, -0.2) is 52.5 Å². The molecule has 23 heavy (non-hydrogen) atoms. The monoisotopic (exact) mass is 327 g/mol. The van der Waals surface area contributed by atoms with Crippen molar-refractivity contribution in [2.24, 2.45) is 17.6 Å². The predicted molar refractivity (Wildman–Crippen MR) is 86.6 cm³/mol. The van der Waals surface area contributed by atoms with Gasteiger partial charge in [-0.25, -0.2) is 4.79 Å². The molecule has 0 bridgehead atoms. The molecular formula is C16H29N3O4. The Bertz CT molecular complexity index is 453. The normalized spacial score (nSPS) is 21.8. The number of hydrogen-bond acceptors (Lipinski definition) is 4. The van der Waals surface area contributed by atoms with Gasteiger partial charge in [0.2, 0.25) is 11.8 Å². The molecule has 7 nitrogen and oxygen atoms in total. The minimum absolute atomic E-state index is 0.0405. The molecular weight excluding hydrogens is 298 g/mol. The van der Waals surface area contributed by atoms with Crippen LogP contribution in [0.4, 0.5) is 0 Å². The number of carboxylic acid groups (broad SMARTS) is 1. The van der Waals surface area contributed by atoms with E-state index in [-0.39, 0.29) is 23.7 Å². The number of hydrogen-bond donors (Lipinski definition) is 3. The van der Waals surface area contributed by atoms with E-state index >= 15 is 0 Å². The van der Waals surface area contributed by atoms with Crippen LogP contribution in [0.25, 0.3) is 0 Å². The second-order valence-corrected chi connectivity index (χ2v) is 6.67. The van der Waals surface area contributed by atoms with Crippen LogP contribution in [0.15, 0.2) is 0 Å². The average molecular weight is 327 g/mol. The summed E-state index contributed by atoms with van der Waals surface area (Å²) in [6.07, 6.45) is 1.81. The third kappa shape index (κ3) is 4.67. The van der Waals surface area contributed by atoms with Crippen molar-refractivity contribution in [3.8, 4) is 0 Å². The van der Waals surface area contributed by atoms with Gasteiger partial charge in [-0.3, -0.25) is 9.59 Å². The molecule has 0 unspecified atom stereocenters. The Balaban J connectivity index is 2.91. The number of carbonyl (C=O) groups excluding carboxylic acids is 2. The van der Waals surface area contributed by atoms with E-state index in [1.54, 1.807) is 0 Å². The van der Waals surface area contributed by atoms with Crippen molar-refractivity contribution < 1.29 is 19.5 Å². The molecule has 0 aromatic carbocycles. The number of nitrogens with zero attached hydrogens (tertiary/aromatic N) is 1. The molecule has 0 saturated carbocycles. The fourth-order valence-electron chi connectivity index (χ4n) is 2.70. The fourth-order valence-corrected chi connectivity index (χ4v) is 2.70. The topological polar surface area (TPSA) is 113 Å². The first-order valence-electron chi connectivity index (χ1n) is 8.29. The van der Waals surface area contributed by atoms with Crippen LogP contribution >= 0.6 is 0 Å². The third-order valence-corrected chi connectivity index (χ3v) is 4.62. The first-order chi connectivity index (χ1) is 10.7. The van der Waals surface area contributed by atoms with Gasteiger partial charge >= 0.3 is 5.97 Å². The Morgan fingerprint density at radius 1 is 1.30 bits per heavy atom. The lowest BCUT2D eigenvalue weighted by Crippen LogP contribution is -2.57. The molecule has 1 fully saturated rings. The number of rotatable bonds is 7. The van der Waals surface area contributed by atoms with E-state index in [0.717, 1.165) is 0 Å². The summed E-state index contributed by atoms with van der Waals surface area (Å²) in [6, 6.07) is -2.23. The average Bonchev–Trinajstić information content (AvgIpc) is 2.99. The number of carboxylic acids is 1. The van der Waals surface area contributed by atoms with E-state index in [1.807, 2.05) is 27.7 Å². The van der Waals surface area contributed by atoms with Gasteiger partial charge in [-0.1, -0.05) is 34.1 Å². The van der Waals surface area contributed by atoms with Crippen LogP contribution < -0.4 is 11.1 Å². The fraction of sp³-hybridized carbons (Fsp3) is 0.812. The van der Waals surface area contributed by atoms with Crippen molar-refractivity contribution in [1.82, 2.24) is 10.2 Å². The molecule has 4 N–H and O–H groups in total. The van der Waals surface area contributed by atoms with Gasteiger partial charge in [0.05, 0.1) is 6.04 Å². The Kier molecular flexibility index (Phi) is 7.00. The maximum atomic E-state index is 12.8. The molecule has 4 atom stereocenters. The number of nitrogens with one attached hydrogen (secondary N) is 1. The van der Waals surface area contributed by atoms with Crippen LogP contribution in [0.2, 0.25) is 0 Å². The van der Waals surface area contributed by atoms with Gasteiger partial charge in [0.15, 0.2) is 0 Å². The lowest BCUT2D eigenvalue weighted by Gasteiger charge is -2.31. The van der Waals surface area contributed by atoms with Gasteiger partial charge in [-0.05, 0) is 24.7 Å². The zero-order chi connectivity index (χ0) is 17.7. The molecule has 7 heteroatoms. The van der Waals surface area contributed by atoms with Crippen LogP contribution in [0.1, 0.15) is 47.0 Å². The second-order valence-electron chi connectivity index (χ2n) is 6.67. The van der Waals surface area contributed by atoms with Gasteiger partial charge in [-0.15, -0.1) is 0 Å². The largest absolute Gasteiger partial charge is 0.480 e. The third-order valence-electron chi connectivity index (χ3n) is 4.62. The zero-order valence-electron chi connectivity index (χ0n) is 14.4. The van der Waals surface area contributed by atoms with E-state index in [1.165, 1.54) is 4.90 Å². The van der Waals surface area contributed by atoms with E-state index < -0.39 is 24.1 Å². The number of likely N-dealkylation sites (tertiary alicyclic amines) is 1. The summed E-state index contributed by atoms with van der Waals surface area (Å²) in [5.41, 5.74) is 5.85. The van der Waals surface area contributed by atoms with E-state index in [2.05, 4.69) is 5.32 Å². The number of carbonyl (C=O) groups is 3. The molecule has 1 aliphatic rings. The molecule has 1 saturated heterocycles. The van der Waals surface area contributed by atoms with Crippen molar-refractivity contribution in [3.63, 3.8) is 0 Å². The summed E-state index contributed by atoms with van der Waals surface area (Å²) in [5, 5.41) is 12.0. The highest BCUT2D eigenvalue weighted by molar-refractivity contribution is 5.92. The molecule has 0 aromatic rings. The predicted octanol–water partition coefficient (Wildman–Crippen LogP) is 0.576. The molecule has 1 heterocycles. The van der Waals surface area contributed by atoms with Gasteiger partial charge in [-0.2, -0.15) is 0 Å². The highest BCUT2D eigenvalue weighted by Gasteiger charge is 2.39. The molecule has 0 aliphatic carbocycles. The Morgan fingerprint density at radius 2 is 1.91 bits per heavy atom. The standard InChI is InChI=1S/C16H29N3O4/c1-5-10(4)13(18-14(20)12(17)9(2)3)15(21)19-8-6-7-11(19)16(22)23/h9-13H,5-8,17H2,1-4H3,(H,18,20)(H,22,23)/t10-,11+,12-,13-/m0/s1. The van der Waals surface area contributed by atoms with Gasteiger partial charge in [0.25, 0.3) is 0 Å².